The van der Waals surface area contributed by atoms with Crippen LogP contribution in [-0.4, -0.2) is 34.5 Å². The van der Waals surface area contributed by atoms with Gasteiger partial charge in [0, 0.05) is 11.3 Å². The molecule has 3 aromatic carbocycles. The van der Waals surface area contributed by atoms with Crippen molar-refractivity contribution < 1.29 is 29.3 Å². The number of benzene rings is 3. The van der Waals surface area contributed by atoms with E-state index in [1.54, 1.807) is 43.3 Å². The third-order valence-corrected chi connectivity index (χ3v) is 6.88. The highest BCUT2D eigenvalue weighted by Gasteiger charge is 2.47. The van der Waals surface area contributed by atoms with Crippen molar-refractivity contribution in [3.05, 3.63) is 100 Å². The first-order chi connectivity index (χ1) is 18.4. The zero-order valence-corrected chi connectivity index (χ0v) is 22.8. The third-order valence-electron chi connectivity index (χ3n) is 6.88. The van der Waals surface area contributed by atoms with Gasteiger partial charge < -0.3 is 14.9 Å². The molecule has 7 nitrogen and oxygen atoms in total. The van der Waals surface area contributed by atoms with Crippen LogP contribution in [0.5, 0.6) is 5.75 Å². The maximum Gasteiger partial charge on any atom is 0.310 e. The van der Waals surface area contributed by atoms with Gasteiger partial charge in [-0.15, -0.1) is 0 Å². The average Bonchev–Trinajstić information content (AvgIpc) is 3.14. The van der Waals surface area contributed by atoms with Gasteiger partial charge in [-0.3, -0.25) is 19.3 Å². The summed E-state index contributed by atoms with van der Waals surface area (Å²) >= 11 is 0. The SMILES string of the molecule is CCOC(=O)Cc1ccc(N2C(=O)C(=O)/C(=C(/O)c3cc(C(C)(C)C)ccc3C)C2c2ccc(O)cc2)cc1. The van der Waals surface area contributed by atoms with Crippen LogP contribution in [0.2, 0.25) is 0 Å². The van der Waals surface area contributed by atoms with Crippen molar-refractivity contribution in [3.63, 3.8) is 0 Å². The lowest BCUT2D eigenvalue weighted by Gasteiger charge is -2.26. The summed E-state index contributed by atoms with van der Waals surface area (Å²) in [6.45, 7) is 10.0. The molecule has 0 radical (unpaired) electrons. The number of carbonyl (C=O) groups excluding carboxylic acids is 3. The maximum absolute atomic E-state index is 13.5. The molecule has 1 aliphatic rings. The highest BCUT2D eigenvalue weighted by Crippen LogP contribution is 2.43. The summed E-state index contributed by atoms with van der Waals surface area (Å²) in [5, 5.41) is 21.5. The number of Topliss-reactive ketones (excluding diaryl/α,β-unsaturated/α-hetero) is 1. The molecule has 202 valence electrons. The minimum Gasteiger partial charge on any atom is -0.508 e. The molecule has 7 heteroatoms. The van der Waals surface area contributed by atoms with Crippen molar-refractivity contribution in [1.29, 1.82) is 0 Å². The van der Waals surface area contributed by atoms with Crippen LogP contribution in [0.25, 0.3) is 5.76 Å². The molecule has 1 unspecified atom stereocenters. The Labute approximate surface area is 228 Å². The molecule has 1 fully saturated rings. The van der Waals surface area contributed by atoms with Crippen molar-refractivity contribution in [2.75, 3.05) is 11.5 Å². The number of phenolic OH excluding ortho intramolecular Hbond substituents is 1. The molecule has 0 aliphatic carbocycles. The number of carbonyl (C=O) groups is 3. The number of aromatic hydroxyl groups is 1. The fraction of sp³-hybridized carbons (Fsp3) is 0.281. The number of phenols is 1. The largest absolute Gasteiger partial charge is 0.508 e. The van der Waals surface area contributed by atoms with Gasteiger partial charge in [0.2, 0.25) is 0 Å². The van der Waals surface area contributed by atoms with E-state index >= 15 is 0 Å². The van der Waals surface area contributed by atoms with Crippen LogP contribution >= 0.6 is 0 Å². The van der Waals surface area contributed by atoms with Crippen LogP contribution < -0.4 is 4.90 Å². The quantitative estimate of drug-likeness (QED) is 0.184. The smallest absolute Gasteiger partial charge is 0.310 e. The molecule has 3 aromatic rings. The topological polar surface area (TPSA) is 104 Å². The van der Waals surface area contributed by atoms with Crippen molar-refractivity contribution >= 4 is 29.1 Å². The van der Waals surface area contributed by atoms with Crippen LogP contribution in [0.3, 0.4) is 0 Å². The lowest BCUT2D eigenvalue weighted by molar-refractivity contribution is -0.142. The van der Waals surface area contributed by atoms with E-state index in [9.17, 15) is 24.6 Å². The fourth-order valence-electron chi connectivity index (χ4n) is 4.71. The van der Waals surface area contributed by atoms with Gasteiger partial charge in [-0.1, -0.05) is 57.2 Å². The molecule has 1 atom stereocenters. The molecule has 1 saturated heterocycles. The summed E-state index contributed by atoms with van der Waals surface area (Å²) < 4.78 is 5.01. The van der Waals surface area contributed by atoms with Gasteiger partial charge in [-0.25, -0.2) is 0 Å². The van der Waals surface area contributed by atoms with E-state index in [0.717, 1.165) is 11.1 Å². The monoisotopic (exact) mass is 527 g/mol. The van der Waals surface area contributed by atoms with Crippen LogP contribution in [-0.2, 0) is 31.0 Å². The van der Waals surface area contributed by atoms with Gasteiger partial charge in [0.25, 0.3) is 11.7 Å². The van der Waals surface area contributed by atoms with E-state index in [2.05, 4.69) is 20.8 Å². The van der Waals surface area contributed by atoms with Crippen LogP contribution in [0.1, 0.15) is 61.6 Å². The molecule has 4 rings (SSSR count). The number of hydrogen-bond donors (Lipinski definition) is 2. The van der Waals surface area contributed by atoms with Gasteiger partial charge in [-0.2, -0.15) is 0 Å². The number of ether oxygens (including phenoxy) is 1. The molecule has 2 N–H and O–H groups in total. The van der Waals surface area contributed by atoms with Gasteiger partial charge in [0.05, 0.1) is 24.6 Å². The highest BCUT2D eigenvalue weighted by molar-refractivity contribution is 6.51. The van der Waals surface area contributed by atoms with Gasteiger partial charge in [-0.05, 0) is 71.8 Å². The van der Waals surface area contributed by atoms with Crippen molar-refractivity contribution in [2.24, 2.45) is 0 Å². The predicted octanol–water partition coefficient (Wildman–Crippen LogP) is 5.73. The number of aliphatic hydroxyl groups is 1. The van der Waals surface area contributed by atoms with E-state index < -0.39 is 17.7 Å². The van der Waals surface area contributed by atoms with Gasteiger partial charge in [0.15, 0.2) is 0 Å². The Kier molecular flexibility index (Phi) is 7.63. The molecule has 0 saturated carbocycles. The minimum absolute atomic E-state index is 0.0320. The summed E-state index contributed by atoms with van der Waals surface area (Å²) in [6, 6.07) is 17.7. The van der Waals surface area contributed by atoms with Gasteiger partial charge >= 0.3 is 5.97 Å². The van der Waals surface area contributed by atoms with Crippen molar-refractivity contribution in [1.82, 2.24) is 0 Å². The Morgan fingerprint density at radius 3 is 2.21 bits per heavy atom. The number of esters is 1. The number of nitrogens with zero attached hydrogens (tertiary/aromatic N) is 1. The normalized spacial score (nSPS) is 16.9. The molecule has 0 aromatic heterocycles. The number of amides is 1. The lowest BCUT2D eigenvalue weighted by Crippen LogP contribution is -2.29. The molecule has 1 heterocycles. The van der Waals surface area contributed by atoms with E-state index in [-0.39, 0.29) is 41.5 Å². The van der Waals surface area contributed by atoms with Crippen molar-refractivity contribution in [3.8, 4) is 5.75 Å². The second-order valence-corrected chi connectivity index (χ2v) is 10.7. The first-order valence-corrected chi connectivity index (χ1v) is 12.9. The van der Waals surface area contributed by atoms with E-state index in [1.165, 1.54) is 17.0 Å². The Bertz CT molecular complexity index is 1450. The fourth-order valence-corrected chi connectivity index (χ4v) is 4.71. The predicted molar refractivity (Wildman–Crippen MR) is 150 cm³/mol. The number of rotatable bonds is 6. The zero-order valence-electron chi connectivity index (χ0n) is 22.8. The average molecular weight is 528 g/mol. The van der Waals surface area contributed by atoms with E-state index in [1.807, 2.05) is 25.1 Å². The van der Waals surface area contributed by atoms with Gasteiger partial charge in [0.1, 0.15) is 11.5 Å². The Morgan fingerprint density at radius 2 is 1.62 bits per heavy atom. The highest BCUT2D eigenvalue weighted by atomic mass is 16.5. The summed E-state index contributed by atoms with van der Waals surface area (Å²) in [7, 11) is 0. The van der Waals surface area contributed by atoms with E-state index in [0.29, 0.717) is 22.4 Å². The molecule has 0 spiro atoms. The summed E-state index contributed by atoms with van der Waals surface area (Å²) in [6.07, 6.45) is 0.0811. The van der Waals surface area contributed by atoms with Crippen LogP contribution in [0.4, 0.5) is 5.69 Å². The first kappa shape index (κ1) is 27.6. The number of aryl methyl sites for hydroxylation is 1. The first-order valence-electron chi connectivity index (χ1n) is 12.9. The number of aliphatic hydroxyl groups excluding tert-OH is 1. The van der Waals surface area contributed by atoms with Crippen LogP contribution in [0, 0.1) is 6.92 Å². The second-order valence-electron chi connectivity index (χ2n) is 10.7. The molecule has 39 heavy (non-hydrogen) atoms. The third kappa shape index (κ3) is 5.58. The summed E-state index contributed by atoms with van der Waals surface area (Å²) in [5.74, 6) is -2.16. The second kappa shape index (κ2) is 10.8. The number of anilines is 1. The molecular formula is C32H33NO6. The Balaban J connectivity index is 1.86. The van der Waals surface area contributed by atoms with Crippen molar-refractivity contribution in [2.45, 2.75) is 52.5 Å². The number of hydrogen-bond acceptors (Lipinski definition) is 6. The summed E-state index contributed by atoms with van der Waals surface area (Å²) in [4.78, 5) is 40.2. The molecule has 1 aliphatic heterocycles. The Hall–Kier alpha value is -4.39. The molecule has 1 amide bonds. The van der Waals surface area contributed by atoms with E-state index in [4.69, 9.17) is 4.74 Å². The summed E-state index contributed by atoms with van der Waals surface area (Å²) in [5.41, 5.74) is 3.67. The molecule has 0 bridgehead atoms. The standard InChI is InChI=1S/C32H33NO6/c1-6-39-26(35)17-20-8-13-23(14-9-20)33-28(21-10-15-24(34)16-11-21)27(30(37)31(33)38)29(36)25-18-22(32(3,4)5)12-7-19(25)2/h7-16,18,28,34,36H,6,17H2,1-5H3/b29-27+. The lowest BCUT2D eigenvalue weighted by atomic mass is 9.84. The number of ketones is 1. The maximum atomic E-state index is 13.5. The Morgan fingerprint density at radius 1 is 0.974 bits per heavy atom. The van der Waals surface area contributed by atoms with Crippen LogP contribution in [0.15, 0.2) is 72.3 Å². The zero-order chi connectivity index (χ0) is 28.5. The molecular weight excluding hydrogens is 494 g/mol. The minimum atomic E-state index is -0.931.